The van der Waals surface area contributed by atoms with Gasteiger partial charge in [-0.25, -0.2) is 0 Å². The standard InChI is InChI=1S/C59H39NS/c1-3-17-45(18-4-1)59(46-19-5-2-6-20-46)54-24-12-9-22-50(54)51-35-34-48(39-55(51)59)60(47-32-29-41(30-33-47)43-28-27-40-15-7-8-16-42(40)37-43)56-25-13-10-21-49(56)44-31-36-58-53(38-44)52-23-11-14-26-57(52)61-58/h1-39H. The van der Waals surface area contributed by atoms with Crippen LogP contribution in [0.15, 0.2) is 237 Å². The van der Waals surface area contributed by atoms with Crippen LogP contribution < -0.4 is 4.90 Å². The van der Waals surface area contributed by atoms with Gasteiger partial charge in [-0.2, -0.15) is 0 Å². The number of benzene rings is 10. The van der Waals surface area contributed by atoms with Gasteiger partial charge in [0.05, 0.1) is 11.1 Å². The Balaban J connectivity index is 1.09. The molecule has 1 aromatic heterocycles. The van der Waals surface area contributed by atoms with Crippen molar-refractivity contribution in [1.29, 1.82) is 0 Å². The first-order valence-electron chi connectivity index (χ1n) is 21.0. The molecule has 0 bridgehead atoms. The lowest BCUT2D eigenvalue weighted by molar-refractivity contribution is 0.768. The molecule has 2 heteroatoms. The van der Waals surface area contributed by atoms with E-state index in [1.807, 2.05) is 11.3 Å². The molecule has 10 aromatic carbocycles. The second-order valence-electron chi connectivity index (χ2n) is 16.0. The van der Waals surface area contributed by atoms with Crippen molar-refractivity contribution in [2.45, 2.75) is 5.41 Å². The minimum absolute atomic E-state index is 0.513. The van der Waals surface area contributed by atoms with Crippen molar-refractivity contribution in [1.82, 2.24) is 0 Å². The molecule has 1 nitrogen and oxygen atoms in total. The van der Waals surface area contributed by atoms with Gasteiger partial charge in [0.15, 0.2) is 0 Å². The Morgan fingerprint density at radius 3 is 1.72 bits per heavy atom. The molecule has 0 N–H and O–H groups in total. The second-order valence-corrected chi connectivity index (χ2v) is 17.1. The molecule has 0 aliphatic heterocycles. The van der Waals surface area contributed by atoms with E-state index in [0.29, 0.717) is 0 Å². The van der Waals surface area contributed by atoms with Crippen LogP contribution in [-0.4, -0.2) is 0 Å². The Labute approximate surface area is 360 Å². The van der Waals surface area contributed by atoms with Crippen LogP contribution in [0.3, 0.4) is 0 Å². The number of nitrogens with zero attached hydrogens (tertiary/aromatic N) is 1. The first-order chi connectivity index (χ1) is 30.2. The maximum Gasteiger partial charge on any atom is 0.0714 e. The number of thiophene rings is 1. The van der Waals surface area contributed by atoms with E-state index in [1.54, 1.807) is 0 Å². The van der Waals surface area contributed by atoms with Gasteiger partial charge in [0.2, 0.25) is 0 Å². The summed E-state index contributed by atoms with van der Waals surface area (Å²) in [6, 6.07) is 87.5. The summed E-state index contributed by atoms with van der Waals surface area (Å²) in [5, 5.41) is 5.10. The van der Waals surface area contributed by atoms with Crippen LogP contribution in [0, 0.1) is 0 Å². The van der Waals surface area contributed by atoms with E-state index in [-0.39, 0.29) is 0 Å². The Morgan fingerprint density at radius 1 is 0.328 bits per heavy atom. The number of rotatable bonds is 7. The van der Waals surface area contributed by atoms with Crippen LogP contribution >= 0.6 is 11.3 Å². The lowest BCUT2D eigenvalue weighted by atomic mass is 9.67. The number of para-hydroxylation sites is 1. The molecule has 0 unspecified atom stereocenters. The first-order valence-corrected chi connectivity index (χ1v) is 21.8. The molecule has 0 radical (unpaired) electrons. The highest BCUT2D eigenvalue weighted by molar-refractivity contribution is 7.25. The third-order valence-corrected chi connectivity index (χ3v) is 13.9. The van der Waals surface area contributed by atoms with E-state index in [4.69, 9.17) is 0 Å². The molecule has 1 aliphatic carbocycles. The molecule has 0 fully saturated rings. The number of hydrogen-bond donors (Lipinski definition) is 0. The molecule has 0 saturated heterocycles. The molecule has 1 aliphatic rings. The van der Waals surface area contributed by atoms with Crippen molar-refractivity contribution in [3.05, 3.63) is 259 Å². The summed E-state index contributed by atoms with van der Waals surface area (Å²) in [6.07, 6.45) is 0. The van der Waals surface area contributed by atoms with Crippen LogP contribution in [-0.2, 0) is 5.41 Å². The first kappa shape index (κ1) is 35.4. The molecule has 61 heavy (non-hydrogen) atoms. The summed E-state index contributed by atoms with van der Waals surface area (Å²) in [4.78, 5) is 2.47. The Bertz CT molecular complexity index is 3380. The normalized spacial score (nSPS) is 12.7. The van der Waals surface area contributed by atoms with Crippen molar-refractivity contribution in [2.24, 2.45) is 0 Å². The predicted molar refractivity (Wildman–Crippen MR) is 260 cm³/mol. The predicted octanol–water partition coefficient (Wildman–Crippen LogP) is 16.4. The van der Waals surface area contributed by atoms with Gasteiger partial charge < -0.3 is 4.90 Å². The lowest BCUT2D eigenvalue weighted by Gasteiger charge is -2.35. The van der Waals surface area contributed by atoms with Crippen molar-refractivity contribution < 1.29 is 0 Å². The number of anilines is 3. The fourth-order valence-corrected chi connectivity index (χ4v) is 11.1. The number of fused-ring (bicyclic) bond motifs is 7. The maximum absolute atomic E-state index is 2.47. The van der Waals surface area contributed by atoms with Gasteiger partial charge in [0, 0.05) is 37.1 Å². The van der Waals surface area contributed by atoms with E-state index in [2.05, 4.69) is 241 Å². The topological polar surface area (TPSA) is 3.24 Å². The van der Waals surface area contributed by atoms with Gasteiger partial charge >= 0.3 is 0 Å². The zero-order valence-corrected chi connectivity index (χ0v) is 34.2. The van der Waals surface area contributed by atoms with E-state index in [9.17, 15) is 0 Å². The van der Waals surface area contributed by atoms with E-state index in [1.165, 1.54) is 86.6 Å². The van der Waals surface area contributed by atoms with Gasteiger partial charge in [0.1, 0.15) is 0 Å². The zero-order chi connectivity index (χ0) is 40.3. The van der Waals surface area contributed by atoms with E-state index in [0.717, 1.165) is 17.1 Å². The largest absolute Gasteiger partial charge is 0.310 e. The summed E-state index contributed by atoms with van der Waals surface area (Å²) >= 11 is 1.86. The quantitative estimate of drug-likeness (QED) is 0.155. The minimum atomic E-state index is -0.513. The highest BCUT2D eigenvalue weighted by atomic mass is 32.1. The molecule has 12 rings (SSSR count). The Morgan fingerprint density at radius 2 is 0.918 bits per heavy atom. The lowest BCUT2D eigenvalue weighted by Crippen LogP contribution is -2.28. The highest BCUT2D eigenvalue weighted by Crippen LogP contribution is 2.57. The molecule has 0 atom stereocenters. The van der Waals surface area contributed by atoms with Crippen LogP contribution in [0.2, 0.25) is 0 Å². The molecule has 286 valence electrons. The molecule has 0 amide bonds. The van der Waals surface area contributed by atoms with Crippen LogP contribution in [0.4, 0.5) is 17.1 Å². The van der Waals surface area contributed by atoms with Gasteiger partial charge in [-0.1, -0.05) is 182 Å². The fourth-order valence-electron chi connectivity index (χ4n) is 9.98. The summed E-state index contributed by atoms with van der Waals surface area (Å²) in [7, 11) is 0. The Kier molecular flexibility index (Phi) is 8.33. The highest BCUT2D eigenvalue weighted by Gasteiger charge is 2.46. The second kappa shape index (κ2) is 14.3. The smallest absolute Gasteiger partial charge is 0.0714 e. The third-order valence-electron chi connectivity index (χ3n) is 12.7. The maximum atomic E-state index is 2.47. The minimum Gasteiger partial charge on any atom is -0.310 e. The summed E-state index contributed by atoms with van der Waals surface area (Å²) in [5.41, 5.74) is 15.2. The van der Waals surface area contributed by atoms with Crippen LogP contribution in [0.25, 0.3) is 64.3 Å². The molecular weight excluding hydrogens is 755 g/mol. The van der Waals surface area contributed by atoms with Crippen molar-refractivity contribution in [2.75, 3.05) is 4.90 Å². The van der Waals surface area contributed by atoms with Crippen LogP contribution in [0.1, 0.15) is 22.3 Å². The van der Waals surface area contributed by atoms with Crippen molar-refractivity contribution >= 4 is 59.3 Å². The Hall–Kier alpha value is -7.52. The van der Waals surface area contributed by atoms with E-state index >= 15 is 0 Å². The number of hydrogen-bond acceptors (Lipinski definition) is 2. The SMILES string of the molecule is c1ccc(C2(c3ccccc3)c3ccccc3-c3ccc(N(c4ccc(-c5ccc6ccccc6c5)cc4)c4ccccc4-c4ccc5sc6ccccc6c5c4)cc32)cc1. The van der Waals surface area contributed by atoms with Gasteiger partial charge in [-0.3, -0.25) is 0 Å². The molecule has 0 spiro atoms. The summed E-state index contributed by atoms with van der Waals surface area (Å²) in [6.45, 7) is 0. The fraction of sp³-hybridized carbons (Fsp3) is 0.0169. The van der Waals surface area contributed by atoms with E-state index < -0.39 is 5.41 Å². The van der Waals surface area contributed by atoms with Gasteiger partial charge in [0.25, 0.3) is 0 Å². The zero-order valence-electron chi connectivity index (χ0n) is 33.4. The van der Waals surface area contributed by atoms with Crippen molar-refractivity contribution in [3.8, 4) is 33.4 Å². The summed E-state index contributed by atoms with van der Waals surface area (Å²) < 4.78 is 2.62. The third kappa shape index (κ3) is 5.68. The van der Waals surface area contributed by atoms with Gasteiger partial charge in [-0.15, -0.1) is 11.3 Å². The van der Waals surface area contributed by atoms with Crippen molar-refractivity contribution in [3.63, 3.8) is 0 Å². The van der Waals surface area contributed by atoms with Crippen LogP contribution in [0.5, 0.6) is 0 Å². The molecule has 11 aromatic rings. The average Bonchev–Trinajstić information content (AvgIpc) is 3.86. The van der Waals surface area contributed by atoms with Gasteiger partial charge in [-0.05, 0) is 115 Å². The monoisotopic (exact) mass is 793 g/mol. The molecular formula is C59H39NS. The summed E-state index contributed by atoms with van der Waals surface area (Å²) in [5.74, 6) is 0. The molecule has 0 saturated carbocycles. The molecule has 1 heterocycles. The average molecular weight is 794 g/mol.